The van der Waals surface area contributed by atoms with Crippen LogP contribution in [0.4, 0.5) is 8.78 Å². The van der Waals surface area contributed by atoms with Crippen LogP contribution in [0.2, 0.25) is 0 Å². The summed E-state index contributed by atoms with van der Waals surface area (Å²) in [6.07, 6.45) is 0. The number of benzene rings is 2. The van der Waals surface area contributed by atoms with Crippen molar-refractivity contribution >= 4 is 15.9 Å². The fraction of sp³-hybridized carbons (Fsp3) is 0.200. The smallest absolute Gasteiger partial charge is 0.123 e. The molecule has 0 fully saturated rings. The van der Waals surface area contributed by atoms with Gasteiger partial charge in [-0.25, -0.2) is 8.78 Å². The van der Waals surface area contributed by atoms with Crippen LogP contribution in [0.3, 0.4) is 0 Å². The summed E-state index contributed by atoms with van der Waals surface area (Å²) in [6, 6.07) is 10.6. The zero-order valence-electron chi connectivity index (χ0n) is 10.5. The highest BCUT2D eigenvalue weighted by molar-refractivity contribution is 9.10. The van der Waals surface area contributed by atoms with E-state index in [9.17, 15) is 8.78 Å². The van der Waals surface area contributed by atoms with Crippen molar-refractivity contribution in [1.82, 2.24) is 5.32 Å². The van der Waals surface area contributed by atoms with E-state index < -0.39 is 0 Å². The monoisotopic (exact) mass is 325 g/mol. The van der Waals surface area contributed by atoms with E-state index in [1.54, 1.807) is 18.2 Å². The van der Waals surface area contributed by atoms with E-state index in [4.69, 9.17) is 0 Å². The number of hydrogen-bond acceptors (Lipinski definition) is 1. The number of halogens is 3. The van der Waals surface area contributed by atoms with Crippen LogP contribution in [0.5, 0.6) is 0 Å². The molecule has 100 valence electrons. The van der Waals surface area contributed by atoms with Gasteiger partial charge in [-0.15, -0.1) is 0 Å². The molecule has 1 unspecified atom stereocenters. The molecule has 0 amide bonds. The zero-order valence-corrected chi connectivity index (χ0v) is 12.0. The normalized spacial score (nSPS) is 12.4. The fourth-order valence-corrected chi connectivity index (χ4v) is 2.48. The SMILES string of the molecule is CCNC(c1ccc(F)cc1)c1cc(F)ccc1Br. The second-order valence-electron chi connectivity index (χ2n) is 4.21. The molecular weight excluding hydrogens is 312 g/mol. The van der Waals surface area contributed by atoms with Crippen LogP contribution in [0.25, 0.3) is 0 Å². The van der Waals surface area contributed by atoms with Gasteiger partial charge < -0.3 is 5.32 Å². The quantitative estimate of drug-likeness (QED) is 0.877. The van der Waals surface area contributed by atoms with Crippen molar-refractivity contribution in [1.29, 1.82) is 0 Å². The van der Waals surface area contributed by atoms with Gasteiger partial charge in [0.05, 0.1) is 6.04 Å². The molecule has 0 aliphatic heterocycles. The lowest BCUT2D eigenvalue weighted by Gasteiger charge is -2.20. The van der Waals surface area contributed by atoms with Gasteiger partial charge in [-0.2, -0.15) is 0 Å². The molecular formula is C15H14BrF2N. The molecule has 0 aromatic heterocycles. The first kappa shape index (κ1) is 14.2. The molecule has 0 aliphatic carbocycles. The Morgan fingerprint density at radius 3 is 2.32 bits per heavy atom. The topological polar surface area (TPSA) is 12.0 Å². The minimum Gasteiger partial charge on any atom is -0.306 e. The van der Waals surface area contributed by atoms with E-state index in [1.165, 1.54) is 24.3 Å². The Morgan fingerprint density at radius 1 is 1.05 bits per heavy atom. The van der Waals surface area contributed by atoms with Crippen LogP contribution < -0.4 is 5.32 Å². The molecule has 0 bridgehead atoms. The van der Waals surface area contributed by atoms with E-state index >= 15 is 0 Å². The largest absolute Gasteiger partial charge is 0.306 e. The highest BCUT2D eigenvalue weighted by atomic mass is 79.9. The third-order valence-electron chi connectivity index (χ3n) is 2.88. The summed E-state index contributed by atoms with van der Waals surface area (Å²) >= 11 is 3.43. The number of nitrogens with one attached hydrogen (secondary N) is 1. The van der Waals surface area contributed by atoms with Gasteiger partial charge in [0.2, 0.25) is 0 Å². The van der Waals surface area contributed by atoms with Crippen LogP contribution in [0.15, 0.2) is 46.9 Å². The van der Waals surface area contributed by atoms with Crippen molar-refractivity contribution < 1.29 is 8.78 Å². The van der Waals surface area contributed by atoms with Gasteiger partial charge >= 0.3 is 0 Å². The molecule has 4 heteroatoms. The summed E-state index contributed by atoms with van der Waals surface area (Å²) in [7, 11) is 0. The first-order valence-corrected chi connectivity index (χ1v) is 6.85. The van der Waals surface area contributed by atoms with Gasteiger partial charge in [-0.1, -0.05) is 35.0 Å². The summed E-state index contributed by atoms with van der Waals surface area (Å²) in [5.74, 6) is -0.569. The molecule has 2 aromatic carbocycles. The summed E-state index contributed by atoms with van der Waals surface area (Å²) in [6.45, 7) is 2.70. The number of hydrogen-bond donors (Lipinski definition) is 1. The maximum Gasteiger partial charge on any atom is 0.123 e. The average Bonchev–Trinajstić information content (AvgIpc) is 2.40. The van der Waals surface area contributed by atoms with Gasteiger partial charge in [0, 0.05) is 4.47 Å². The summed E-state index contributed by atoms with van der Waals surface area (Å²) < 4.78 is 27.2. The molecule has 2 rings (SSSR count). The first-order valence-electron chi connectivity index (χ1n) is 6.05. The van der Waals surface area contributed by atoms with Crippen LogP contribution in [0, 0.1) is 11.6 Å². The van der Waals surface area contributed by atoms with Gasteiger partial charge in [0.1, 0.15) is 11.6 Å². The Morgan fingerprint density at radius 2 is 1.68 bits per heavy atom. The molecule has 0 saturated heterocycles. The maximum atomic E-state index is 13.4. The molecule has 1 atom stereocenters. The lowest BCUT2D eigenvalue weighted by atomic mass is 9.98. The Hall–Kier alpha value is -1.26. The third-order valence-corrected chi connectivity index (χ3v) is 3.60. The molecule has 19 heavy (non-hydrogen) atoms. The van der Waals surface area contributed by atoms with Crippen LogP contribution in [-0.4, -0.2) is 6.54 Å². The van der Waals surface area contributed by atoms with Crippen LogP contribution in [0.1, 0.15) is 24.1 Å². The lowest BCUT2D eigenvalue weighted by Crippen LogP contribution is -2.22. The van der Waals surface area contributed by atoms with Crippen molar-refractivity contribution in [2.45, 2.75) is 13.0 Å². The summed E-state index contributed by atoms with van der Waals surface area (Å²) in [5, 5.41) is 3.28. The van der Waals surface area contributed by atoms with Crippen molar-refractivity contribution in [3.63, 3.8) is 0 Å². The standard InChI is InChI=1S/C15H14BrF2N/c1-2-19-15(10-3-5-11(17)6-4-10)13-9-12(18)7-8-14(13)16/h3-9,15,19H,2H2,1H3. The van der Waals surface area contributed by atoms with Crippen LogP contribution in [-0.2, 0) is 0 Å². The highest BCUT2D eigenvalue weighted by Crippen LogP contribution is 2.29. The van der Waals surface area contributed by atoms with E-state index in [-0.39, 0.29) is 17.7 Å². The second kappa shape index (κ2) is 6.26. The van der Waals surface area contributed by atoms with Gasteiger partial charge in [-0.05, 0) is 48.0 Å². The van der Waals surface area contributed by atoms with Crippen molar-refractivity contribution in [2.24, 2.45) is 0 Å². The average molecular weight is 326 g/mol. The number of rotatable bonds is 4. The van der Waals surface area contributed by atoms with E-state index in [2.05, 4.69) is 21.2 Å². The Kier molecular flexibility index (Phi) is 4.66. The lowest BCUT2D eigenvalue weighted by molar-refractivity contribution is 0.597. The van der Waals surface area contributed by atoms with Crippen molar-refractivity contribution in [3.05, 3.63) is 69.7 Å². The third kappa shape index (κ3) is 3.39. The highest BCUT2D eigenvalue weighted by Gasteiger charge is 2.16. The first-order chi connectivity index (χ1) is 9.11. The van der Waals surface area contributed by atoms with E-state index in [1.807, 2.05) is 6.92 Å². The molecule has 0 spiro atoms. The van der Waals surface area contributed by atoms with Gasteiger partial charge in [0.15, 0.2) is 0 Å². The predicted molar refractivity (Wildman–Crippen MR) is 76.0 cm³/mol. The van der Waals surface area contributed by atoms with E-state index in [0.717, 1.165) is 22.1 Å². The van der Waals surface area contributed by atoms with Crippen molar-refractivity contribution in [2.75, 3.05) is 6.54 Å². The van der Waals surface area contributed by atoms with E-state index in [0.29, 0.717) is 0 Å². The molecule has 2 aromatic rings. The molecule has 0 aliphatic rings. The Bertz CT molecular complexity index is 555. The zero-order chi connectivity index (χ0) is 13.8. The van der Waals surface area contributed by atoms with Crippen LogP contribution >= 0.6 is 15.9 Å². The maximum absolute atomic E-state index is 13.4. The molecule has 1 nitrogen and oxygen atoms in total. The Balaban J connectivity index is 2.44. The van der Waals surface area contributed by atoms with Gasteiger partial charge in [0.25, 0.3) is 0 Å². The summed E-state index contributed by atoms with van der Waals surface area (Å²) in [4.78, 5) is 0. The molecule has 0 heterocycles. The second-order valence-corrected chi connectivity index (χ2v) is 5.06. The predicted octanol–water partition coefficient (Wildman–Crippen LogP) is 4.43. The fourth-order valence-electron chi connectivity index (χ4n) is 2.00. The Labute approximate surface area is 119 Å². The minimum absolute atomic E-state index is 0.171. The minimum atomic E-state index is -0.289. The summed E-state index contributed by atoms with van der Waals surface area (Å²) in [5.41, 5.74) is 1.70. The molecule has 0 radical (unpaired) electrons. The van der Waals surface area contributed by atoms with Crippen molar-refractivity contribution in [3.8, 4) is 0 Å². The molecule has 1 N–H and O–H groups in total. The molecule has 0 saturated carbocycles. The van der Waals surface area contributed by atoms with Gasteiger partial charge in [-0.3, -0.25) is 0 Å².